The normalized spacial score (nSPS) is 10.0. The van der Waals surface area contributed by atoms with E-state index in [2.05, 4.69) is 13.0 Å². The van der Waals surface area contributed by atoms with Crippen molar-refractivity contribution >= 4 is 11.9 Å². The van der Waals surface area contributed by atoms with E-state index in [1.165, 1.54) is 38.5 Å². The number of carboxylic acid groups (broad SMARTS) is 2. The third-order valence-corrected chi connectivity index (χ3v) is 2.33. The summed E-state index contributed by atoms with van der Waals surface area (Å²) in [6.07, 6.45) is 11.7. The van der Waals surface area contributed by atoms with Gasteiger partial charge in [-0.3, -0.25) is 9.59 Å². The lowest BCUT2D eigenvalue weighted by Gasteiger charge is -1.95. The summed E-state index contributed by atoms with van der Waals surface area (Å²) in [5, 5.41) is 15.8. The van der Waals surface area contributed by atoms with Crippen LogP contribution in [0.5, 0.6) is 0 Å². The Labute approximate surface area is 115 Å². The standard InChI is InChI=1S/C10H21N.C4H6O4/c1-2-3-4-5-6-7-8-9-10-11;5-3(6)1-2-4(7)8/h8-9H,2-7,10-11H2,1H3;1-2H2,(H,5,6)(H,7,8). The van der Waals surface area contributed by atoms with Crippen LogP contribution < -0.4 is 5.73 Å². The summed E-state index contributed by atoms with van der Waals surface area (Å²) in [4.78, 5) is 19.3. The molecule has 0 aromatic rings. The fourth-order valence-corrected chi connectivity index (χ4v) is 1.29. The van der Waals surface area contributed by atoms with E-state index in [9.17, 15) is 9.59 Å². The van der Waals surface area contributed by atoms with Gasteiger partial charge in [0.05, 0.1) is 12.8 Å². The lowest BCUT2D eigenvalue weighted by Crippen LogP contribution is -2.00. The first-order valence-electron chi connectivity index (χ1n) is 6.83. The molecule has 19 heavy (non-hydrogen) atoms. The van der Waals surface area contributed by atoms with Gasteiger partial charge in [0.1, 0.15) is 0 Å². The highest BCUT2D eigenvalue weighted by molar-refractivity contribution is 5.75. The minimum absolute atomic E-state index is 0.296. The molecular weight excluding hydrogens is 246 g/mol. The maximum absolute atomic E-state index is 9.64. The van der Waals surface area contributed by atoms with E-state index in [-0.39, 0.29) is 12.8 Å². The van der Waals surface area contributed by atoms with E-state index in [4.69, 9.17) is 15.9 Å². The minimum Gasteiger partial charge on any atom is -0.481 e. The molecule has 112 valence electrons. The van der Waals surface area contributed by atoms with Crippen LogP contribution in [0.15, 0.2) is 12.2 Å². The Morgan fingerprint density at radius 1 is 0.947 bits per heavy atom. The van der Waals surface area contributed by atoms with Crippen molar-refractivity contribution < 1.29 is 19.8 Å². The molecule has 0 aliphatic heterocycles. The molecule has 0 atom stereocenters. The predicted octanol–water partition coefficient (Wildman–Crippen LogP) is 2.80. The smallest absolute Gasteiger partial charge is 0.303 e. The summed E-state index contributed by atoms with van der Waals surface area (Å²) in [5.74, 6) is -2.15. The second kappa shape index (κ2) is 16.6. The van der Waals surface area contributed by atoms with Crippen LogP contribution in [-0.2, 0) is 9.59 Å². The van der Waals surface area contributed by atoms with Crippen LogP contribution in [0.4, 0.5) is 0 Å². The highest BCUT2D eigenvalue weighted by atomic mass is 16.4. The van der Waals surface area contributed by atoms with Crippen LogP contribution in [-0.4, -0.2) is 28.7 Å². The molecule has 0 radical (unpaired) electrons. The van der Waals surface area contributed by atoms with Gasteiger partial charge in [-0.1, -0.05) is 44.8 Å². The summed E-state index contributed by atoms with van der Waals surface area (Å²) < 4.78 is 0. The fourth-order valence-electron chi connectivity index (χ4n) is 1.29. The molecule has 0 aromatic heterocycles. The Balaban J connectivity index is 0. The molecule has 0 spiro atoms. The first-order valence-corrected chi connectivity index (χ1v) is 6.83. The number of hydrogen-bond donors (Lipinski definition) is 3. The number of allylic oxidation sites excluding steroid dienone is 1. The van der Waals surface area contributed by atoms with E-state index >= 15 is 0 Å². The number of aliphatic carboxylic acids is 2. The second-order valence-electron chi connectivity index (χ2n) is 4.20. The molecule has 0 rings (SSSR count). The van der Waals surface area contributed by atoms with Crippen LogP contribution >= 0.6 is 0 Å². The van der Waals surface area contributed by atoms with Gasteiger partial charge in [-0.25, -0.2) is 0 Å². The van der Waals surface area contributed by atoms with Gasteiger partial charge >= 0.3 is 11.9 Å². The lowest BCUT2D eigenvalue weighted by molar-refractivity contribution is -0.143. The molecule has 0 bridgehead atoms. The summed E-state index contributed by atoms with van der Waals surface area (Å²) in [6, 6.07) is 0. The number of unbranched alkanes of at least 4 members (excludes halogenated alkanes) is 5. The van der Waals surface area contributed by atoms with E-state index < -0.39 is 11.9 Å². The maximum atomic E-state index is 9.64. The van der Waals surface area contributed by atoms with E-state index in [0.717, 1.165) is 0 Å². The SMILES string of the molecule is CCCCCCCC=CCN.O=C(O)CCC(=O)O. The van der Waals surface area contributed by atoms with Gasteiger partial charge in [-0.05, 0) is 12.8 Å². The zero-order valence-electron chi connectivity index (χ0n) is 11.8. The molecule has 5 heteroatoms. The quantitative estimate of drug-likeness (QED) is 0.419. The first-order chi connectivity index (χ1) is 9.04. The number of carboxylic acids is 2. The van der Waals surface area contributed by atoms with Crippen molar-refractivity contribution in [2.24, 2.45) is 5.73 Å². The Morgan fingerprint density at radius 2 is 1.47 bits per heavy atom. The molecule has 0 unspecified atom stereocenters. The summed E-state index contributed by atoms with van der Waals surface area (Å²) >= 11 is 0. The third-order valence-electron chi connectivity index (χ3n) is 2.33. The summed E-state index contributed by atoms with van der Waals surface area (Å²) in [6.45, 7) is 2.93. The largest absolute Gasteiger partial charge is 0.481 e. The molecule has 0 amide bonds. The van der Waals surface area contributed by atoms with Gasteiger partial charge in [-0.15, -0.1) is 0 Å². The van der Waals surface area contributed by atoms with Gasteiger partial charge in [-0.2, -0.15) is 0 Å². The van der Waals surface area contributed by atoms with E-state index in [0.29, 0.717) is 6.54 Å². The molecule has 0 heterocycles. The van der Waals surface area contributed by atoms with Crippen molar-refractivity contribution in [2.75, 3.05) is 6.54 Å². The van der Waals surface area contributed by atoms with E-state index in [1.54, 1.807) is 0 Å². The molecule has 0 saturated heterocycles. The van der Waals surface area contributed by atoms with Crippen molar-refractivity contribution in [2.45, 2.75) is 58.3 Å². The summed E-state index contributed by atoms with van der Waals surface area (Å²) in [7, 11) is 0. The number of nitrogens with two attached hydrogens (primary N) is 1. The Morgan fingerprint density at radius 3 is 1.89 bits per heavy atom. The average Bonchev–Trinajstić information content (AvgIpc) is 2.36. The van der Waals surface area contributed by atoms with Crippen LogP contribution in [0.25, 0.3) is 0 Å². The first kappa shape index (κ1) is 20.0. The number of carbonyl (C=O) groups is 2. The second-order valence-corrected chi connectivity index (χ2v) is 4.20. The molecule has 4 N–H and O–H groups in total. The Hall–Kier alpha value is -1.36. The molecular formula is C14H27NO4. The van der Waals surface area contributed by atoms with Crippen molar-refractivity contribution in [3.63, 3.8) is 0 Å². The Bertz CT molecular complexity index is 238. The van der Waals surface area contributed by atoms with Gasteiger partial charge in [0, 0.05) is 6.54 Å². The molecule has 0 saturated carbocycles. The van der Waals surface area contributed by atoms with Crippen LogP contribution in [0, 0.1) is 0 Å². The molecule has 0 aromatic carbocycles. The van der Waals surface area contributed by atoms with E-state index in [1.807, 2.05) is 6.08 Å². The van der Waals surface area contributed by atoms with Crippen molar-refractivity contribution in [3.05, 3.63) is 12.2 Å². The topological polar surface area (TPSA) is 101 Å². The molecule has 0 fully saturated rings. The molecule has 0 aliphatic carbocycles. The van der Waals surface area contributed by atoms with Crippen molar-refractivity contribution in [3.8, 4) is 0 Å². The Kier molecular flexibility index (Phi) is 17.5. The van der Waals surface area contributed by atoms with Crippen molar-refractivity contribution in [1.82, 2.24) is 0 Å². The third kappa shape index (κ3) is 26.3. The monoisotopic (exact) mass is 273 g/mol. The highest BCUT2D eigenvalue weighted by Gasteiger charge is 2.00. The molecule has 0 aliphatic rings. The van der Waals surface area contributed by atoms with Crippen LogP contribution in [0.2, 0.25) is 0 Å². The lowest BCUT2D eigenvalue weighted by atomic mass is 10.1. The summed E-state index contributed by atoms with van der Waals surface area (Å²) in [5.41, 5.74) is 5.30. The van der Waals surface area contributed by atoms with Crippen LogP contribution in [0.3, 0.4) is 0 Å². The van der Waals surface area contributed by atoms with Gasteiger partial charge < -0.3 is 15.9 Å². The number of rotatable bonds is 10. The van der Waals surface area contributed by atoms with Gasteiger partial charge in [0.2, 0.25) is 0 Å². The van der Waals surface area contributed by atoms with Gasteiger partial charge in [0.15, 0.2) is 0 Å². The van der Waals surface area contributed by atoms with Crippen LogP contribution in [0.1, 0.15) is 58.3 Å². The predicted molar refractivity (Wildman–Crippen MR) is 76.1 cm³/mol. The maximum Gasteiger partial charge on any atom is 0.303 e. The molecule has 5 nitrogen and oxygen atoms in total. The average molecular weight is 273 g/mol. The number of hydrogen-bond acceptors (Lipinski definition) is 3. The highest BCUT2D eigenvalue weighted by Crippen LogP contribution is 2.04. The zero-order valence-corrected chi connectivity index (χ0v) is 11.8. The zero-order chi connectivity index (χ0) is 14.9. The van der Waals surface area contributed by atoms with Gasteiger partial charge in [0.25, 0.3) is 0 Å². The van der Waals surface area contributed by atoms with Crippen molar-refractivity contribution in [1.29, 1.82) is 0 Å². The minimum atomic E-state index is -1.08. The fraction of sp³-hybridized carbons (Fsp3) is 0.714.